The van der Waals surface area contributed by atoms with Gasteiger partial charge in [-0.05, 0) is 6.08 Å². The lowest BCUT2D eigenvalue weighted by Crippen LogP contribution is -1.76. The Kier molecular flexibility index (Phi) is 1.86. The zero-order valence-electron chi connectivity index (χ0n) is 4.20. The van der Waals surface area contributed by atoms with E-state index >= 15 is 0 Å². The van der Waals surface area contributed by atoms with Crippen molar-refractivity contribution in [3.8, 4) is 0 Å². The Morgan fingerprint density at radius 2 is 2.62 bits per heavy atom. The molecule has 1 heterocycles. The fraction of sp³-hybridized carbons (Fsp3) is 0.200. The molecule has 42 valence electrons. The van der Waals surface area contributed by atoms with Crippen molar-refractivity contribution < 1.29 is 4.79 Å². The van der Waals surface area contributed by atoms with Crippen molar-refractivity contribution in [3.63, 3.8) is 0 Å². The molecule has 0 unspecified atom stereocenters. The third-order valence-corrected chi connectivity index (χ3v) is 1.28. The van der Waals surface area contributed by atoms with Gasteiger partial charge in [0.1, 0.15) is 0 Å². The van der Waals surface area contributed by atoms with Crippen LogP contribution in [0.5, 0.6) is 0 Å². The molecule has 0 aromatic rings. The minimum absolute atomic E-state index is 0.0127. The van der Waals surface area contributed by atoms with Gasteiger partial charge in [-0.1, -0.05) is 6.08 Å². The Morgan fingerprint density at radius 3 is 3.50 bits per heavy atom. The van der Waals surface area contributed by atoms with Gasteiger partial charge in [-0.25, -0.2) is 4.40 Å². The van der Waals surface area contributed by atoms with Gasteiger partial charge in [-0.3, -0.25) is 4.79 Å². The molecule has 2 nitrogen and oxygen atoms in total. The van der Waals surface area contributed by atoms with E-state index in [2.05, 4.69) is 4.40 Å². The highest BCUT2D eigenvalue weighted by Gasteiger charge is 1.95. The molecule has 0 aromatic heterocycles. The SMILES string of the molecule is O=C1C=CCC=NS1. The highest BCUT2D eigenvalue weighted by Crippen LogP contribution is 2.06. The van der Waals surface area contributed by atoms with Crippen LogP contribution < -0.4 is 0 Å². The van der Waals surface area contributed by atoms with Crippen LogP contribution in [0.4, 0.5) is 0 Å². The van der Waals surface area contributed by atoms with Crippen LogP contribution in [0.2, 0.25) is 0 Å². The molecule has 3 heteroatoms. The summed E-state index contributed by atoms with van der Waals surface area (Å²) in [5.41, 5.74) is 0. The maximum absolute atomic E-state index is 10.4. The van der Waals surface area contributed by atoms with Crippen LogP contribution in [0.1, 0.15) is 6.42 Å². The molecule has 1 aliphatic rings. The van der Waals surface area contributed by atoms with Crippen LogP contribution in [0.3, 0.4) is 0 Å². The number of carbonyl (C=O) groups is 1. The van der Waals surface area contributed by atoms with Gasteiger partial charge in [0, 0.05) is 12.6 Å². The Hall–Kier alpha value is -0.570. The van der Waals surface area contributed by atoms with Gasteiger partial charge in [0.05, 0.1) is 11.9 Å². The van der Waals surface area contributed by atoms with Crippen molar-refractivity contribution in [2.45, 2.75) is 6.42 Å². The van der Waals surface area contributed by atoms with E-state index in [0.717, 1.165) is 18.4 Å². The molecule has 0 spiro atoms. The van der Waals surface area contributed by atoms with Gasteiger partial charge in [0.15, 0.2) is 0 Å². The summed E-state index contributed by atoms with van der Waals surface area (Å²) in [4.78, 5) is 10.4. The molecule has 0 fully saturated rings. The number of rotatable bonds is 0. The first-order valence-electron chi connectivity index (χ1n) is 2.29. The van der Waals surface area contributed by atoms with Gasteiger partial charge in [-0.15, -0.1) is 0 Å². The van der Waals surface area contributed by atoms with E-state index in [0.29, 0.717) is 0 Å². The van der Waals surface area contributed by atoms with Crippen LogP contribution in [0.15, 0.2) is 16.5 Å². The monoisotopic (exact) mass is 127 g/mol. The zero-order chi connectivity index (χ0) is 5.82. The average molecular weight is 127 g/mol. The molecule has 0 saturated heterocycles. The number of nitrogens with zero attached hydrogens (tertiary/aromatic N) is 1. The quantitative estimate of drug-likeness (QED) is 0.457. The molecule has 0 atom stereocenters. The van der Waals surface area contributed by atoms with Crippen molar-refractivity contribution in [1.29, 1.82) is 0 Å². The molecule has 0 radical (unpaired) electrons. The summed E-state index contributed by atoms with van der Waals surface area (Å²) in [6.07, 6.45) is 5.83. The standard InChI is InChI=1S/C5H5NOS/c7-5-3-1-2-4-6-8-5/h1,3-4H,2H2. The summed E-state index contributed by atoms with van der Waals surface area (Å²) in [7, 11) is 0. The minimum Gasteiger partial charge on any atom is -0.280 e. The summed E-state index contributed by atoms with van der Waals surface area (Å²) >= 11 is 0.983. The Bertz CT molecular complexity index is 151. The fourth-order valence-electron chi connectivity index (χ4n) is 0.388. The lowest BCUT2D eigenvalue weighted by atomic mass is 10.4. The highest BCUT2D eigenvalue weighted by atomic mass is 32.2. The van der Waals surface area contributed by atoms with Crippen LogP contribution in [0, 0.1) is 0 Å². The van der Waals surface area contributed by atoms with E-state index < -0.39 is 0 Å². The van der Waals surface area contributed by atoms with Gasteiger partial charge in [0.25, 0.3) is 0 Å². The van der Waals surface area contributed by atoms with Gasteiger partial charge in [0.2, 0.25) is 5.12 Å². The second kappa shape index (κ2) is 2.67. The van der Waals surface area contributed by atoms with Crippen molar-refractivity contribution in [2.75, 3.05) is 0 Å². The first-order valence-corrected chi connectivity index (χ1v) is 3.06. The van der Waals surface area contributed by atoms with Crippen LogP contribution in [-0.2, 0) is 4.79 Å². The molecule has 8 heavy (non-hydrogen) atoms. The van der Waals surface area contributed by atoms with E-state index in [1.54, 1.807) is 12.3 Å². The molecule has 0 saturated carbocycles. The van der Waals surface area contributed by atoms with E-state index in [4.69, 9.17) is 0 Å². The molecular weight excluding hydrogens is 122 g/mol. The molecule has 0 N–H and O–H groups in total. The summed E-state index contributed by atoms with van der Waals surface area (Å²) in [5, 5.41) is 0.0127. The van der Waals surface area contributed by atoms with Crippen LogP contribution >= 0.6 is 11.9 Å². The van der Waals surface area contributed by atoms with Crippen molar-refractivity contribution in [1.82, 2.24) is 0 Å². The van der Waals surface area contributed by atoms with E-state index in [1.165, 1.54) is 6.08 Å². The smallest absolute Gasteiger partial charge is 0.233 e. The number of carbonyl (C=O) groups excluding carboxylic acids is 1. The number of allylic oxidation sites excluding steroid dienone is 1. The first-order chi connectivity index (χ1) is 3.89. The van der Waals surface area contributed by atoms with E-state index in [1.807, 2.05) is 0 Å². The lowest BCUT2D eigenvalue weighted by Gasteiger charge is -1.76. The largest absolute Gasteiger partial charge is 0.280 e. The Morgan fingerprint density at radius 1 is 1.75 bits per heavy atom. The normalized spacial score (nSPS) is 18.8. The summed E-state index contributed by atoms with van der Waals surface area (Å²) in [5.74, 6) is 0. The summed E-state index contributed by atoms with van der Waals surface area (Å²) in [6, 6.07) is 0. The number of hydrogen-bond donors (Lipinski definition) is 0. The minimum atomic E-state index is 0.0127. The zero-order valence-corrected chi connectivity index (χ0v) is 5.02. The molecule has 0 aromatic carbocycles. The van der Waals surface area contributed by atoms with Crippen molar-refractivity contribution >= 4 is 23.3 Å². The van der Waals surface area contributed by atoms with E-state index in [9.17, 15) is 4.79 Å². The molecule has 0 aliphatic carbocycles. The predicted octanol–water partition coefficient (Wildman–Crippen LogP) is 1.19. The molecule has 0 amide bonds. The molecule has 0 bridgehead atoms. The number of hydrogen-bond acceptors (Lipinski definition) is 3. The maximum atomic E-state index is 10.4. The van der Waals surface area contributed by atoms with E-state index in [-0.39, 0.29) is 5.12 Å². The summed E-state index contributed by atoms with van der Waals surface area (Å²) in [6.45, 7) is 0. The molecule has 1 aliphatic heterocycles. The first kappa shape index (κ1) is 5.56. The highest BCUT2D eigenvalue weighted by molar-refractivity contribution is 8.13. The predicted molar refractivity (Wildman–Crippen MR) is 34.8 cm³/mol. The summed E-state index contributed by atoms with van der Waals surface area (Å²) < 4.78 is 3.73. The van der Waals surface area contributed by atoms with Crippen LogP contribution in [-0.4, -0.2) is 11.3 Å². The second-order valence-electron chi connectivity index (χ2n) is 1.34. The lowest BCUT2D eigenvalue weighted by molar-refractivity contribution is -0.107. The maximum Gasteiger partial charge on any atom is 0.233 e. The average Bonchev–Trinajstić information content (AvgIpc) is 1.94. The van der Waals surface area contributed by atoms with Crippen LogP contribution in [0.25, 0.3) is 0 Å². The third kappa shape index (κ3) is 1.50. The second-order valence-corrected chi connectivity index (χ2v) is 2.13. The van der Waals surface area contributed by atoms with Gasteiger partial charge >= 0.3 is 0 Å². The fourth-order valence-corrected chi connectivity index (χ4v) is 0.809. The third-order valence-electron chi connectivity index (χ3n) is 0.713. The Labute approximate surface area is 51.8 Å². The van der Waals surface area contributed by atoms with Crippen molar-refractivity contribution in [2.24, 2.45) is 4.40 Å². The van der Waals surface area contributed by atoms with Crippen molar-refractivity contribution in [3.05, 3.63) is 12.2 Å². The molecular formula is C5H5NOS. The topological polar surface area (TPSA) is 29.4 Å². The Balaban J connectivity index is 2.61. The molecule has 1 rings (SSSR count). The van der Waals surface area contributed by atoms with Gasteiger partial charge < -0.3 is 0 Å². The van der Waals surface area contributed by atoms with Gasteiger partial charge in [-0.2, -0.15) is 0 Å².